The molecular formula is C23H26N4O2. The van der Waals surface area contributed by atoms with Gasteiger partial charge in [-0.2, -0.15) is 5.10 Å². The molecule has 0 fully saturated rings. The second kappa shape index (κ2) is 9.68. The van der Waals surface area contributed by atoms with Gasteiger partial charge in [0, 0.05) is 37.1 Å². The highest BCUT2D eigenvalue weighted by molar-refractivity contribution is 5.92. The Morgan fingerprint density at radius 3 is 2.38 bits per heavy atom. The lowest BCUT2D eigenvalue weighted by molar-refractivity contribution is 0.0945. The quantitative estimate of drug-likeness (QED) is 0.600. The van der Waals surface area contributed by atoms with E-state index in [1.54, 1.807) is 11.6 Å². The van der Waals surface area contributed by atoms with Crippen molar-refractivity contribution in [3.8, 4) is 5.69 Å². The Morgan fingerprint density at radius 2 is 1.72 bits per heavy atom. The van der Waals surface area contributed by atoms with Gasteiger partial charge in [-0.15, -0.1) is 0 Å². The van der Waals surface area contributed by atoms with Gasteiger partial charge in [0.2, 0.25) is 5.43 Å². The first-order chi connectivity index (χ1) is 14.1. The van der Waals surface area contributed by atoms with Gasteiger partial charge in [0.15, 0.2) is 5.69 Å². The van der Waals surface area contributed by atoms with Gasteiger partial charge in [-0.3, -0.25) is 9.59 Å². The lowest BCUT2D eigenvalue weighted by Gasteiger charge is -2.23. The van der Waals surface area contributed by atoms with Crippen LogP contribution in [0.3, 0.4) is 0 Å². The molecule has 1 aromatic heterocycles. The second-order valence-corrected chi connectivity index (χ2v) is 6.77. The van der Waals surface area contributed by atoms with Crippen LogP contribution in [0.5, 0.6) is 0 Å². The summed E-state index contributed by atoms with van der Waals surface area (Å²) in [6, 6.07) is 21.1. The number of anilines is 1. The molecule has 1 heterocycles. The molecule has 0 saturated carbocycles. The molecule has 0 aliphatic carbocycles. The molecular weight excluding hydrogens is 364 g/mol. The maximum absolute atomic E-state index is 12.5. The minimum Gasteiger partial charge on any atom is -0.372 e. The molecule has 3 aromatic rings. The zero-order valence-corrected chi connectivity index (χ0v) is 16.8. The van der Waals surface area contributed by atoms with Crippen LogP contribution in [0.2, 0.25) is 0 Å². The molecule has 0 bridgehead atoms. The molecule has 1 amide bonds. The van der Waals surface area contributed by atoms with Crippen LogP contribution in [-0.2, 0) is 0 Å². The summed E-state index contributed by atoms with van der Waals surface area (Å²) in [5.41, 5.74) is 2.19. The van der Waals surface area contributed by atoms with Gasteiger partial charge >= 0.3 is 0 Å². The van der Waals surface area contributed by atoms with E-state index < -0.39 is 5.91 Å². The number of benzene rings is 2. The molecule has 1 N–H and O–H groups in total. The van der Waals surface area contributed by atoms with Crippen molar-refractivity contribution >= 4 is 11.6 Å². The number of carbonyl (C=O) groups excluding carboxylic acids is 1. The number of nitrogens with zero attached hydrogens (tertiary/aromatic N) is 3. The van der Waals surface area contributed by atoms with Crippen LogP contribution in [0.25, 0.3) is 5.69 Å². The van der Waals surface area contributed by atoms with Gasteiger partial charge in [0.1, 0.15) is 0 Å². The van der Waals surface area contributed by atoms with Crippen LogP contribution in [0.15, 0.2) is 71.5 Å². The predicted molar refractivity (Wildman–Crippen MR) is 116 cm³/mol. The van der Waals surface area contributed by atoms with Crippen molar-refractivity contribution < 1.29 is 4.79 Å². The molecule has 2 aromatic carbocycles. The van der Waals surface area contributed by atoms with Crippen molar-refractivity contribution in [3.63, 3.8) is 0 Å². The van der Waals surface area contributed by atoms with E-state index in [0.717, 1.165) is 30.9 Å². The fourth-order valence-electron chi connectivity index (χ4n) is 3.20. The number of amides is 1. The van der Waals surface area contributed by atoms with E-state index in [-0.39, 0.29) is 11.1 Å². The first kappa shape index (κ1) is 20.3. The van der Waals surface area contributed by atoms with E-state index >= 15 is 0 Å². The maximum Gasteiger partial charge on any atom is 0.275 e. The molecule has 0 spiro atoms. The van der Waals surface area contributed by atoms with Crippen LogP contribution in [0.1, 0.15) is 29.5 Å². The Bertz CT molecular complexity index is 1000. The summed E-state index contributed by atoms with van der Waals surface area (Å²) in [5, 5.41) is 7.13. The SMILES string of the molecule is CCN(CCCNC(=O)c1nn(-c2ccccc2)c(C)cc1=O)c1ccccc1. The van der Waals surface area contributed by atoms with Crippen molar-refractivity contribution in [2.24, 2.45) is 0 Å². The molecule has 29 heavy (non-hydrogen) atoms. The molecule has 6 heteroatoms. The summed E-state index contributed by atoms with van der Waals surface area (Å²) in [5.74, 6) is -0.442. The van der Waals surface area contributed by atoms with Crippen LogP contribution in [0, 0.1) is 6.92 Å². The van der Waals surface area contributed by atoms with Gasteiger partial charge in [-0.1, -0.05) is 36.4 Å². The first-order valence-corrected chi connectivity index (χ1v) is 9.84. The summed E-state index contributed by atoms with van der Waals surface area (Å²) < 4.78 is 1.62. The van der Waals surface area contributed by atoms with E-state index in [0.29, 0.717) is 12.2 Å². The normalized spacial score (nSPS) is 10.6. The second-order valence-electron chi connectivity index (χ2n) is 6.77. The highest BCUT2D eigenvalue weighted by Gasteiger charge is 2.15. The third kappa shape index (κ3) is 5.10. The summed E-state index contributed by atoms with van der Waals surface area (Å²) in [6.07, 6.45) is 0.771. The lowest BCUT2D eigenvalue weighted by atomic mass is 10.2. The van der Waals surface area contributed by atoms with Gasteiger partial charge in [0.25, 0.3) is 5.91 Å². The monoisotopic (exact) mass is 390 g/mol. The summed E-state index contributed by atoms with van der Waals surface area (Å²) >= 11 is 0. The molecule has 0 saturated heterocycles. The van der Waals surface area contributed by atoms with Crippen LogP contribution in [-0.4, -0.2) is 35.3 Å². The van der Waals surface area contributed by atoms with Crippen LogP contribution >= 0.6 is 0 Å². The Balaban J connectivity index is 1.63. The average molecular weight is 390 g/mol. The Kier molecular flexibility index (Phi) is 6.79. The van der Waals surface area contributed by atoms with Gasteiger partial charge in [-0.25, -0.2) is 4.68 Å². The lowest BCUT2D eigenvalue weighted by Crippen LogP contribution is -2.34. The van der Waals surface area contributed by atoms with Gasteiger partial charge in [-0.05, 0) is 44.5 Å². The summed E-state index contributed by atoms with van der Waals surface area (Å²) in [4.78, 5) is 27.1. The molecule has 6 nitrogen and oxygen atoms in total. The fraction of sp³-hybridized carbons (Fsp3) is 0.261. The van der Waals surface area contributed by atoms with Crippen molar-refractivity contribution in [2.45, 2.75) is 20.3 Å². The Hall–Kier alpha value is -3.41. The highest BCUT2D eigenvalue weighted by atomic mass is 16.2. The van der Waals surface area contributed by atoms with E-state index in [1.807, 2.05) is 48.5 Å². The molecule has 0 radical (unpaired) electrons. The largest absolute Gasteiger partial charge is 0.372 e. The van der Waals surface area contributed by atoms with Crippen LogP contribution in [0.4, 0.5) is 5.69 Å². The number of hydrogen-bond acceptors (Lipinski definition) is 4. The zero-order chi connectivity index (χ0) is 20.6. The van der Waals surface area contributed by atoms with E-state index in [2.05, 4.69) is 34.4 Å². The number of para-hydroxylation sites is 2. The van der Waals surface area contributed by atoms with Crippen LogP contribution < -0.4 is 15.6 Å². The fourth-order valence-corrected chi connectivity index (χ4v) is 3.20. The minimum atomic E-state index is -0.442. The van der Waals surface area contributed by atoms with Crippen molar-refractivity contribution in [2.75, 3.05) is 24.5 Å². The van der Waals surface area contributed by atoms with Crippen molar-refractivity contribution in [3.05, 3.63) is 88.3 Å². The van der Waals surface area contributed by atoms with E-state index in [1.165, 1.54) is 6.07 Å². The molecule has 150 valence electrons. The maximum atomic E-state index is 12.5. The third-order valence-corrected chi connectivity index (χ3v) is 4.72. The average Bonchev–Trinajstić information content (AvgIpc) is 2.75. The smallest absolute Gasteiger partial charge is 0.275 e. The molecule has 0 aliphatic heterocycles. The highest BCUT2D eigenvalue weighted by Crippen LogP contribution is 2.12. The molecule has 0 unspecified atom stereocenters. The predicted octanol–water partition coefficient (Wildman–Crippen LogP) is 3.19. The molecule has 3 rings (SSSR count). The summed E-state index contributed by atoms with van der Waals surface area (Å²) in [7, 11) is 0. The summed E-state index contributed by atoms with van der Waals surface area (Å²) in [6.45, 7) is 6.08. The molecule has 0 atom stereocenters. The van der Waals surface area contributed by atoms with Gasteiger partial charge < -0.3 is 10.2 Å². The molecule has 0 aliphatic rings. The number of aromatic nitrogens is 2. The number of hydrogen-bond donors (Lipinski definition) is 1. The van der Waals surface area contributed by atoms with Crippen molar-refractivity contribution in [1.82, 2.24) is 15.1 Å². The van der Waals surface area contributed by atoms with E-state index in [9.17, 15) is 9.59 Å². The van der Waals surface area contributed by atoms with E-state index in [4.69, 9.17) is 0 Å². The topological polar surface area (TPSA) is 67.2 Å². The number of rotatable bonds is 8. The van der Waals surface area contributed by atoms with Gasteiger partial charge in [0.05, 0.1) is 5.69 Å². The number of carbonyl (C=O) groups is 1. The third-order valence-electron chi connectivity index (χ3n) is 4.72. The van der Waals surface area contributed by atoms with Crippen molar-refractivity contribution in [1.29, 1.82) is 0 Å². The standard InChI is InChI=1S/C23H26N4O2/c1-3-26(19-11-6-4-7-12-19)16-10-15-24-23(29)22-21(28)17-18(2)27(25-22)20-13-8-5-9-14-20/h4-9,11-14,17H,3,10,15-16H2,1-2H3,(H,24,29). The first-order valence-electron chi connectivity index (χ1n) is 9.84. The zero-order valence-electron chi connectivity index (χ0n) is 16.8. The number of nitrogens with one attached hydrogen (secondary N) is 1. The minimum absolute atomic E-state index is 0.0881. The Morgan fingerprint density at radius 1 is 1.07 bits per heavy atom. The Labute approximate surface area is 170 Å². The number of aryl methyl sites for hydroxylation is 1.